The molecule has 0 bridgehead atoms. The van der Waals surface area contributed by atoms with E-state index in [9.17, 15) is 9.90 Å². The first-order chi connectivity index (χ1) is 8.11. The van der Waals surface area contributed by atoms with Crippen LogP contribution in [0.3, 0.4) is 0 Å². The van der Waals surface area contributed by atoms with Crippen molar-refractivity contribution in [3.8, 4) is 0 Å². The van der Waals surface area contributed by atoms with Crippen LogP contribution in [0.25, 0.3) is 0 Å². The fraction of sp³-hybridized carbons (Fsp3) is 0.615. The number of aliphatic hydroxyl groups excluding tert-OH is 1. The van der Waals surface area contributed by atoms with Crippen LogP contribution in [0.15, 0.2) is 6.07 Å². The lowest BCUT2D eigenvalue weighted by molar-refractivity contribution is 0.0916. The number of amides is 1. The molecule has 0 saturated heterocycles. The molecule has 1 heterocycles. The van der Waals surface area contributed by atoms with E-state index in [0.717, 1.165) is 34.6 Å². The molecule has 0 aromatic carbocycles. The van der Waals surface area contributed by atoms with Gasteiger partial charge in [0.15, 0.2) is 0 Å². The summed E-state index contributed by atoms with van der Waals surface area (Å²) < 4.78 is 0. The van der Waals surface area contributed by atoms with Crippen molar-refractivity contribution in [3.63, 3.8) is 0 Å². The monoisotopic (exact) mass is 253 g/mol. The number of hydrogen-bond acceptors (Lipinski definition) is 3. The molecule has 1 aromatic rings. The molecule has 1 saturated carbocycles. The van der Waals surface area contributed by atoms with E-state index in [-0.39, 0.29) is 24.5 Å². The molecule has 94 valence electrons. The quantitative estimate of drug-likeness (QED) is 0.868. The largest absolute Gasteiger partial charge is 0.396 e. The molecular weight excluding hydrogens is 234 g/mol. The Morgan fingerprint density at radius 1 is 1.53 bits per heavy atom. The first kappa shape index (κ1) is 12.6. The van der Waals surface area contributed by atoms with Gasteiger partial charge in [-0.2, -0.15) is 0 Å². The summed E-state index contributed by atoms with van der Waals surface area (Å²) in [4.78, 5) is 14.3. The predicted octanol–water partition coefficient (Wildman–Crippen LogP) is 2.26. The zero-order valence-electron chi connectivity index (χ0n) is 10.3. The summed E-state index contributed by atoms with van der Waals surface area (Å²) in [7, 11) is 0. The van der Waals surface area contributed by atoms with E-state index in [1.165, 1.54) is 0 Å². The van der Waals surface area contributed by atoms with Gasteiger partial charge in [0.25, 0.3) is 5.91 Å². The summed E-state index contributed by atoms with van der Waals surface area (Å²) in [6.07, 6.45) is 3.10. The average Bonchev–Trinajstić information content (AvgIpc) is 2.84. The Labute approximate surface area is 106 Å². The highest BCUT2D eigenvalue weighted by Crippen LogP contribution is 2.26. The van der Waals surface area contributed by atoms with Crippen LogP contribution in [-0.4, -0.2) is 23.7 Å². The highest BCUT2D eigenvalue weighted by Gasteiger charge is 2.28. The molecule has 1 aromatic heterocycles. The highest BCUT2D eigenvalue weighted by atomic mass is 32.1. The normalized spacial score (nSPS) is 23.9. The molecule has 2 rings (SSSR count). The van der Waals surface area contributed by atoms with Crippen LogP contribution in [0, 0.1) is 19.8 Å². The van der Waals surface area contributed by atoms with Gasteiger partial charge in [0.2, 0.25) is 0 Å². The summed E-state index contributed by atoms with van der Waals surface area (Å²) in [5.74, 6) is 0.246. The van der Waals surface area contributed by atoms with Crippen molar-refractivity contribution in [2.24, 2.45) is 5.92 Å². The number of aryl methyl sites for hydroxylation is 2. The number of thiophene rings is 1. The van der Waals surface area contributed by atoms with Gasteiger partial charge in [-0.15, -0.1) is 11.3 Å². The molecule has 1 aliphatic carbocycles. The third-order valence-corrected chi connectivity index (χ3v) is 4.46. The van der Waals surface area contributed by atoms with E-state index in [2.05, 4.69) is 5.32 Å². The van der Waals surface area contributed by atoms with E-state index < -0.39 is 0 Å². The zero-order valence-corrected chi connectivity index (χ0v) is 11.1. The number of carbonyl (C=O) groups excluding carboxylic acids is 1. The lowest BCUT2D eigenvalue weighted by atomic mass is 10.0. The number of hydrogen-bond donors (Lipinski definition) is 2. The van der Waals surface area contributed by atoms with Crippen molar-refractivity contribution in [1.29, 1.82) is 0 Å². The Morgan fingerprint density at radius 3 is 2.88 bits per heavy atom. The van der Waals surface area contributed by atoms with Crippen LogP contribution < -0.4 is 5.32 Å². The number of carbonyl (C=O) groups is 1. The third-order valence-electron chi connectivity index (χ3n) is 3.50. The van der Waals surface area contributed by atoms with Crippen molar-refractivity contribution in [2.75, 3.05) is 6.61 Å². The topological polar surface area (TPSA) is 49.3 Å². The van der Waals surface area contributed by atoms with Gasteiger partial charge in [-0.1, -0.05) is 6.42 Å². The van der Waals surface area contributed by atoms with Crippen LogP contribution >= 0.6 is 11.3 Å². The number of rotatable bonds is 3. The fourth-order valence-electron chi connectivity index (χ4n) is 2.55. The molecule has 3 nitrogen and oxygen atoms in total. The summed E-state index contributed by atoms with van der Waals surface area (Å²) in [5.41, 5.74) is 0.788. The van der Waals surface area contributed by atoms with Crippen LogP contribution in [0.2, 0.25) is 0 Å². The Balaban J connectivity index is 2.04. The van der Waals surface area contributed by atoms with Crippen LogP contribution in [0.1, 0.15) is 39.4 Å². The predicted molar refractivity (Wildman–Crippen MR) is 69.5 cm³/mol. The lowest BCUT2D eigenvalue weighted by Crippen LogP contribution is -2.38. The van der Waals surface area contributed by atoms with Crippen LogP contribution in [0.5, 0.6) is 0 Å². The fourth-order valence-corrected chi connectivity index (χ4v) is 3.47. The number of nitrogens with one attached hydrogen (secondary N) is 1. The smallest absolute Gasteiger partial charge is 0.252 e. The van der Waals surface area contributed by atoms with Gasteiger partial charge in [-0.05, 0) is 32.8 Å². The van der Waals surface area contributed by atoms with E-state index in [0.29, 0.717) is 0 Å². The molecule has 2 unspecified atom stereocenters. The van der Waals surface area contributed by atoms with E-state index >= 15 is 0 Å². The lowest BCUT2D eigenvalue weighted by Gasteiger charge is -2.18. The highest BCUT2D eigenvalue weighted by molar-refractivity contribution is 7.12. The zero-order chi connectivity index (χ0) is 12.4. The first-order valence-electron chi connectivity index (χ1n) is 6.10. The van der Waals surface area contributed by atoms with E-state index in [1.54, 1.807) is 11.3 Å². The maximum atomic E-state index is 12.1. The molecule has 2 N–H and O–H groups in total. The second kappa shape index (κ2) is 5.19. The standard InChI is InChI=1S/C13H19NO2S/c1-8-6-11(9(2)17-8)13(16)14-12-5-3-4-10(12)7-15/h6,10,12,15H,3-5,7H2,1-2H3,(H,14,16). The third kappa shape index (κ3) is 2.69. The Kier molecular flexibility index (Phi) is 3.84. The Bertz CT molecular complexity index is 414. The molecule has 0 radical (unpaired) electrons. The first-order valence-corrected chi connectivity index (χ1v) is 6.92. The van der Waals surface area contributed by atoms with Gasteiger partial charge in [-0.3, -0.25) is 4.79 Å². The molecular formula is C13H19NO2S. The van der Waals surface area contributed by atoms with Crippen molar-refractivity contribution in [2.45, 2.75) is 39.2 Å². The Morgan fingerprint density at radius 2 is 2.29 bits per heavy atom. The SMILES string of the molecule is Cc1cc(C(=O)NC2CCCC2CO)c(C)s1. The molecule has 4 heteroatoms. The van der Waals surface area contributed by atoms with Crippen molar-refractivity contribution in [3.05, 3.63) is 21.4 Å². The molecule has 0 aliphatic heterocycles. The minimum Gasteiger partial charge on any atom is -0.396 e. The minimum absolute atomic E-state index is 0.0113. The molecule has 1 amide bonds. The van der Waals surface area contributed by atoms with Gasteiger partial charge in [-0.25, -0.2) is 0 Å². The van der Waals surface area contributed by atoms with Crippen LogP contribution in [0.4, 0.5) is 0 Å². The maximum Gasteiger partial charge on any atom is 0.252 e. The summed E-state index contributed by atoms with van der Waals surface area (Å²) >= 11 is 1.65. The van der Waals surface area contributed by atoms with Gasteiger partial charge in [0.1, 0.15) is 0 Å². The molecule has 17 heavy (non-hydrogen) atoms. The van der Waals surface area contributed by atoms with Crippen molar-refractivity contribution in [1.82, 2.24) is 5.32 Å². The van der Waals surface area contributed by atoms with Crippen molar-refractivity contribution >= 4 is 17.2 Å². The molecule has 1 fully saturated rings. The second-order valence-electron chi connectivity index (χ2n) is 4.78. The Hall–Kier alpha value is -0.870. The van der Waals surface area contributed by atoms with E-state index in [4.69, 9.17) is 0 Å². The summed E-state index contributed by atoms with van der Waals surface area (Å²) in [6, 6.07) is 2.09. The van der Waals surface area contributed by atoms with Gasteiger partial charge >= 0.3 is 0 Å². The summed E-state index contributed by atoms with van der Waals surface area (Å²) in [6.45, 7) is 4.16. The van der Waals surface area contributed by atoms with Gasteiger partial charge in [0.05, 0.1) is 5.56 Å². The molecule has 2 atom stereocenters. The summed E-state index contributed by atoms with van der Waals surface area (Å²) in [5, 5.41) is 12.3. The van der Waals surface area contributed by atoms with E-state index in [1.807, 2.05) is 19.9 Å². The molecule has 1 aliphatic rings. The van der Waals surface area contributed by atoms with Crippen LogP contribution in [-0.2, 0) is 0 Å². The number of aliphatic hydroxyl groups is 1. The van der Waals surface area contributed by atoms with Crippen molar-refractivity contribution < 1.29 is 9.90 Å². The van der Waals surface area contributed by atoms with Gasteiger partial charge < -0.3 is 10.4 Å². The average molecular weight is 253 g/mol. The maximum absolute atomic E-state index is 12.1. The molecule has 0 spiro atoms. The minimum atomic E-state index is 0.0113. The van der Waals surface area contributed by atoms with Gasteiger partial charge in [0, 0.05) is 28.3 Å². The second-order valence-corrected chi connectivity index (χ2v) is 6.24.